The highest BCUT2D eigenvalue weighted by atomic mass is 35.5. The Labute approximate surface area is 228 Å². The number of carbonyl (C=O) groups excluding carboxylic acids is 1. The van der Waals surface area contributed by atoms with Gasteiger partial charge in [0, 0.05) is 42.4 Å². The highest BCUT2D eigenvalue weighted by Gasteiger charge is 2.41. The molecular weight excluding hydrogens is 540 g/mol. The number of hydroxylamine groups is 1. The van der Waals surface area contributed by atoms with Crippen LogP contribution in [0.15, 0.2) is 36.5 Å². The zero-order chi connectivity index (χ0) is 28.2. The van der Waals surface area contributed by atoms with E-state index in [-0.39, 0.29) is 30.0 Å². The summed E-state index contributed by atoms with van der Waals surface area (Å²) < 4.78 is 61.8. The van der Waals surface area contributed by atoms with E-state index in [1.807, 2.05) is 4.90 Å². The quantitative estimate of drug-likeness (QED) is 0.163. The molecule has 0 spiro atoms. The maximum Gasteiger partial charge on any atom is 0.249 e. The monoisotopic (exact) mass is 568 g/mol. The van der Waals surface area contributed by atoms with Crippen LogP contribution in [-0.4, -0.2) is 54.3 Å². The summed E-state index contributed by atoms with van der Waals surface area (Å²) in [5.41, 5.74) is 1.14. The van der Waals surface area contributed by atoms with Crippen molar-refractivity contribution in [3.8, 4) is 5.75 Å². The zero-order valence-electron chi connectivity index (χ0n) is 21.2. The maximum absolute atomic E-state index is 15.7. The lowest BCUT2D eigenvalue weighted by Gasteiger charge is -2.40. The molecule has 0 radical (unpaired) electrons. The summed E-state index contributed by atoms with van der Waals surface area (Å²) in [6.45, 7) is 1.47. The van der Waals surface area contributed by atoms with E-state index < -0.39 is 40.6 Å². The number of rotatable bonds is 10. The minimum Gasteiger partial charge on any atom is -0.497 e. The number of nitrogens with zero attached hydrogens (tertiary/aromatic N) is 2. The van der Waals surface area contributed by atoms with Crippen LogP contribution in [0.5, 0.6) is 5.75 Å². The van der Waals surface area contributed by atoms with Crippen LogP contribution >= 0.6 is 11.6 Å². The van der Waals surface area contributed by atoms with Crippen molar-refractivity contribution < 1.29 is 32.3 Å². The van der Waals surface area contributed by atoms with Crippen LogP contribution in [-0.2, 0) is 4.79 Å². The number of benzene rings is 2. The van der Waals surface area contributed by atoms with Crippen molar-refractivity contribution >= 4 is 34.1 Å². The van der Waals surface area contributed by atoms with E-state index in [0.29, 0.717) is 61.3 Å². The second-order valence-electron chi connectivity index (χ2n) is 9.64. The van der Waals surface area contributed by atoms with Gasteiger partial charge in [-0.25, -0.2) is 23.0 Å². The van der Waals surface area contributed by atoms with Crippen LogP contribution in [0.1, 0.15) is 37.4 Å². The van der Waals surface area contributed by atoms with E-state index in [1.54, 1.807) is 23.7 Å². The first-order chi connectivity index (χ1) is 18.7. The number of amides is 1. The molecule has 3 aromatic rings. The molecule has 2 heterocycles. The van der Waals surface area contributed by atoms with Crippen molar-refractivity contribution in [1.29, 1.82) is 0 Å². The molecule has 0 aliphatic carbocycles. The number of nitrogens with one attached hydrogen (secondary N) is 2. The van der Waals surface area contributed by atoms with Gasteiger partial charge in [-0.15, -0.1) is 0 Å². The maximum atomic E-state index is 15.7. The molecule has 1 atom stereocenters. The van der Waals surface area contributed by atoms with E-state index in [2.05, 4.69) is 10.3 Å². The van der Waals surface area contributed by atoms with Crippen molar-refractivity contribution in [2.24, 2.45) is 5.41 Å². The molecule has 0 bridgehead atoms. The number of pyridine rings is 1. The van der Waals surface area contributed by atoms with Crippen LogP contribution in [0, 0.1) is 22.9 Å². The van der Waals surface area contributed by atoms with Gasteiger partial charge in [-0.1, -0.05) is 11.6 Å². The standard InChI is InChI=1S/C27H29ClF4N4O3/c1-39-17-2-3-23-18(14-17)24(19(28)15-34-23)20(30)4-5-27(26(37)35-38)6-9-36(10-7-27)11-8-33-25-21(31)12-16(29)13-22(25)32/h2-3,12-15,20,33,38H,4-11H2,1H3,(H,35,37)/t20-/m1/s1. The average Bonchev–Trinajstić information content (AvgIpc) is 2.93. The highest BCUT2D eigenvalue weighted by Crippen LogP contribution is 2.42. The number of fused-ring (bicyclic) bond motifs is 1. The molecule has 3 N–H and O–H groups in total. The smallest absolute Gasteiger partial charge is 0.249 e. The molecule has 1 aliphatic heterocycles. The van der Waals surface area contributed by atoms with Gasteiger partial charge in [-0.3, -0.25) is 15.0 Å². The predicted molar refractivity (Wildman–Crippen MR) is 139 cm³/mol. The summed E-state index contributed by atoms with van der Waals surface area (Å²) in [4.78, 5) is 19.0. The summed E-state index contributed by atoms with van der Waals surface area (Å²) >= 11 is 6.34. The van der Waals surface area contributed by atoms with Crippen LogP contribution in [0.25, 0.3) is 10.9 Å². The van der Waals surface area contributed by atoms with Gasteiger partial charge in [0.1, 0.15) is 23.4 Å². The van der Waals surface area contributed by atoms with Gasteiger partial charge in [0.05, 0.1) is 23.1 Å². The molecule has 1 saturated heterocycles. The molecule has 1 fully saturated rings. The van der Waals surface area contributed by atoms with Gasteiger partial charge in [-0.05, 0) is 57.0 Å². The van der Waals surface area contributed by atoms with Crippen molar-refractivity contribution in [1.82, 2.24) is 15.4 Å². The van der Waals surface area contributed by atoms with Crippen molar-refractivity contribution in [3.63, 3.8) is 0 Å². The summed E-state index contributed by atoms with van der Waals surface area (Å²) in [6.07, 6.45) is 0.705. The third-order valence-corrected chi connectivity index (χ3v) is 7.69. The molecular formula is C27H29ClF4N4O3. The van der Waals surface area contributed by atoms with Gasteiger partial charge < -0.3 is 15.0 Å². The molecule has 39 heavy (non-hydrogen) atoms. The second-order valence-corrected chi connectivity index (χ2v) is 10.1. The number of methoxy groups -OCH3 is 1. The summed E-state index contributed by atoms with van der Waals surface area (Å²) in [6, 6.07) is 6.31. The Hall–Kier alpha value is -3.15. The SMILES string of the molecule is COc1ccc2ncc(Cl)c([C@H](F)CCC3(C(=O)NO)CCN(CCNc4c(F)cc(F)cc4F)CC3)c2c1. The summed E-state index contributed by atoms with van der Waals surface area (Å²) in [7, 11) is 1.50. The third kappa shape index (κ3) is 6.37. The number of alkyl halides is 1. The molecule has 12 heteroatoms. The minimum absolute atomic E-state index is 0.0197. The fraction of sp³-hybridized carbons (Fsp3) is 0.407. The predicted octanol–water partition coefficient (Wildman–Crippen LogP) is 5.80. The van der Waals surface area contributed by atoms with Crippen LogP contribution in [0.4, 0.5) is 23.2 Å². The number of likely N-dealkylation sites (tertiary alicyclic amines) is 1. The summed E-state index contributed by atoms with van der Waals surface area (Å²) in [5.74, 6) is -3.10. The Morgan fingerprint density at radius 2 is 1.90 bits per heavy atom. The van der Waals surface area contributed by atoms with Gasteiger partial charge in [0.2, 0.25) is 5.91 Å². The van der Waals surface area contributed by atoms with Gasteiger partial charge in [0.25, 0.3) is 0 Å². The number of halogens is 5. The van der Waals surface area contributed by atoms with Crippen LogP contribution in [0.3, 0.4) is 0 Å². The lowest BCUT2D eigenvalue weighted by Crippen LogP contribution is -2.49. The number of piperidine rings is 1. The largest absolute Gasteiger partial charge is 0.497 e. The number of carbonyl (C=O) groups is 1. The lowest BCUT2D eigenvalue weighted by atomic mass is 9.73. The fourth-order valence-electron chi connectivity index (χ4n) is 5.12. The summed E-state index contributed by atoms with van der Waals surface area (Å²) in [5, 5.41) is 12.8. The Morgan fingerprint density at radius 3 is 2.54 bits per heavy atom. The van der Waals surface area contributed by atoms with E-state index in [4.69, 9.17) is 16.3 Å². The molecule has 1 aliphatic rings. The molecule has 0 saturated carbocycles. The van der Waals surface area contributed by atoms with Crippen molar-refractivity contribution in [2.75, 3.05) is 38.6 Å². The number of ether oxygens (including phenoxy) is 1. The van der Waals surface area contributed by atoms with Crippen LogP contribution < -0.4 is 15.5 Å². The van der Waals surface area contributed by atoms with Crippen molar-refractivity contribution in [3.05, 3.63) is 64.6 Å². The Kier molecular flexibility index (Phi) is 9.14. The number of hydrogen-bond donors (Lipinski definition) is 3. The first-order valence-electron chi connectivity index (χ1n) is 12.5. The number of hydrogen-bond acceptors (Lipinski definition) is 6. The van der Waals surface area contributed by atoms with Gasteiger partial charge in [0.15, 0.2) is 11.6 Å². The highest BCUT2D eigenvalue weighted by molar-refractivity contribution is 6.32. The normalized spacial score (nSPS) is 16.2. The minimum atomic E-state index is -1.50. The second kappa shape index (κ2) is 12.4. The topological polar surface area (TPSA) is 86.7 Å². The zero-order valence-corrected chi connectivity index (χ0v) is 22.0. The molecule has 1 amide bonds. The number of anilines is 1. The molecule has 210 valence electrons. The molecule has 1 aromatic heterocycles. The van der Waals surface area contributed by atoms with Gasteiger partial charge in [-0.2, -0.15) is 0 Å². The van der Waals surface area contributed by atoms with E-state index in [0.717, 1.165) is 0 Å². The van der Waals surface area contributed by atoms with E-state index in [9.17, 15) is 23.2 Å². The van der Waals surface area contributed by atoms with E-state index in [1.165, 1.54) is 13.3 Å². The fourth-order valence-corrected chi connectivity index (χ4v) is 5.39. The Balaban J connectivity index is 1.40. The third-order valence-electron chi connectivity index (χ3n) is 7.39. The average molecular weight is 569 g/mol. The van der Waals surface area contributed by atoms with E-state index >= 15 is 4.39 Å². The lowest BCUT2D eigenvalue weighted by molar-refractivity contribution is -0.143. The van der Waals surface area contributed by atoms with Crippen LogP contribution in [0.2, 0.25) is 5.02 Å². The molecule has 4 rings (SSSR count). The Bertz CT molecular complexity index is 1310. The first kappa shape index (κ1) is 28.8. The van der Waals surface area contributed by atoms with Crippen molar-refractivity contribution in [2.45, 2.75) is 31.9 Å². The molecule has 2 aromatic carbocycles. The Morgan fingerprint density at radius 1 is 1.21 bits per heavy atom. The number of aromatic nitrogens is 1. The molecule has 7 nitrogen and oxygen atoms in total. The van der Waals surface area contributed by atoms with Gasteiger partial charge >= 0.3 is 0 Å². The molecule has 0 unspecified atom stereocenters. The first-order valence-corrected chi connectivity index (χ1v) is 12.9.